The Bertz CT molecular complexity index is 578. The van der Waals surface area contributed by atoms with Crippen LogP contribution in [0.4, 0.5) is 5.69 Å². The molecule has 120 valence electrons. The Morgan fingerprint density at radius 1 is 0.952 bits per heavy atom. The van der Waals surface area contributed by atoms with Gasteiger partial charge in [-0.3, -0.25) is 4.55 Å². The lowest BCUT2D eigenvalue weighted by atomic mass is 9.87. The molecule has 6 heteroatoms. The fourth-order valence-electron chi connectivity index (χ4n) is 2.29. The average Bonchev–Trinajstić information content (AvgIpc) is 2.34. The van der Waals surface area contributed by atoms with Crippen molar-refractivity contribution in [3.63, 3.8) is 0 Å². The number of hydrogen-bond acceptors (Lipinski definition) is 3. The average molecular weight is 314 g/mol. The van der Waals surface area contributed by atoms with E-state index < -0.39 is 10.3 Å². The molecule has 1 aromatic carbocycles. The van der Waals surface area contributed by atoms with E-state index in [2.05, 4.69) is 13.8 Å². The van der Waals surface area contributed by atoms with Gasteiger partial charge in [-0.2, -0.15) is 12.8 Å². The zero-order valence-corrected chi connectivity index (χ0v) is 14.4. The van der Waals surface area contributed by atoms with E-state index in [1.165, 1.54) is 0 Å². The lowest BCUT2D eigenvalue weighted by Crippen LogP contribution is -2.38. The molecule has 0 aliphatic heterocycles. The molecule has 0 amide bonds. The first-order chi connectivity index (χ1) is 9.46. The van der Waals surface area contributed by atoms with Gasteiger partial charge in [0.2, 0.25) is 0 Å². The first-order valence-electron chi connectivity index (χ1n) is 7.17. The highest BCUT2D eigenvalue weighted by Crippen LogP contribution is 2.37. The third-order valence-electron chi connectivity index (χ3n) is 3.57. The monoisotopic (exact) mass is 314 g/mol. The highest BCUT2D eigenvalue weighted by Gasteiger charge is 2.25. The summed E-state index contributed by atoms with van der Waals surface area (Å²) in [6, 6.07) is 3.95. The topological polar surface area (TPSA) is 83.6 Å². The van der Waals surface area contributed by atoms with E-state index in [-0.39, 0.29) is 11.8 Å². The zero-order valence-electron chi connectivity index (χ0n) is 13.6. The summed E-state index contributed by atoms with van der Waals surface area (Å²) >= 11 is 0. The number of nitrogens with zero attached hydrogens (tertiary/aromatic N) is 1. The molecule has 5 nitrogen and oxygen atoms in total. The van der Waals surface area contributed by atoms with Crippen molar-refractivity contribution in [2.24, 2.45) is 5.84 Å². The summed E-state index contributed by atoms with van der Waals surface area (Å²) in [6.45, 7) is 12.1. The normalized spacial score (nSPS) is 12.5. The van der Waals surface area contributed by atoms with Crippen LogP contribution in [0.15, 0.2) is 12.1 Å². The van der Waals surface area contributed by atoms with Gasteiger partial charge in [0.1, 0.15) is 0 Å². The van der Waals surface area contributed by atoms with Crippen LogP contribution >= 0.6 is 0 Å². The Labute approximate surface area is 128 Å². The largest absolute Gasteiger partial charge is 0.373 e. The number of benzene rings is 1. The second kappa shape index (κ2) is 6.34. The Hall–Kier alpha value is -1.11. The van der Waals surface area contributed by atoms with E-state index in [4.69, 9.17) is 5.84 Å². The maximum absolute atomic E-state index is 11.5. The van der Waals surface area contributed by atoms with E-state index in [1.54, 1.807) is 0 Å². The summed E-state index contributed by atoms with van der Waals surface area (Å²) in [5.41, 5.74) is 3.16. The molecule has 3 N–H and O–H groups in total. The number of anilines is 1. The molecule has 0 saturated carbocycles. The van der Waals surface area contributed by atoms with Gasteiger partial charge < -0.3 is 0 Å². The van der Waals surface area contributed by atoms with Gasteiger partial charge >= 0.3 is 10.3 Å². The molecule has 0 spiro atoms. The van der Waals surface area contributed by atoms with Crippen LogP contribution in [0.5, 0.6) is 0 Å². The number of nitrogens with two attached hydrogens (primary N) is 1. The third-order valence-corrected chi connectivity index (χ3v) is 4.25. The SMILES string of the molecule is CC(C)c1cc(C(C)C)c(N(N)S(=O)(=O)O)c(C(C)C)c1. The number of hydrazine groups is 1. The third kappa shape index (κ3) is 3.96. The summed E-state index contributed by atoms with van der Waals surface area (Å²) in [4.78, 5) is 0. The minimum atomic E-state index is -4.49. The van der Waals surface area contributed by atoms with Crippen LogP contribution in [0.3, 0.4) is 0 Å². The van der Waals surface area contributed by atoms with Gasteiger partial charge in [-0.1, -0.05) is 53.7 Å². The molecule has 0 aliphatic rings. The molecule has 0 heterocycles. The van der Waals surface area contributed by atoms with Crippen molar-refractivity contribution < 1.29 is 13.0 Å². The molecule has 0 unspecified atom stereocenters. The van der Waals surface area contributed by atoms with Crippen molar-refractivity contribution in [1.82, 2.24) is 0 Å². The summed E-state index contributed by atoms with van der Waals surface area (Å²) in [6.07, 6.45) is 0. The lowest BCUT2D eigenvalue weighted by Gasteiger charge is -2.27. The zero-order chi connectivity index (χ0) is 16.5. The van der Waals surface area contributed by atoms with E-state index in [9.17, 15) is 13.0 Å². The second-order valence-corrected chi connectivity index (χ2v) is 7.57. The van der Waals surface area contributed by atoms with E-state index in [0.29, 0.717) is 16.0 Å². The molecular weight excluding hydrogens is 288 g/mol. The molecule has 0 aromatic heterocycles. The first kappa shape index (κ1) is 17.9. The molecule has 0 saturated heterocycles. The van der Waals surface area contributed by atoms with Crippen LogP contribution in [-0.4, -0.2) is 13.0 Å². The summed E-state index contributed by atoms with van der Waals surface area (Å²) in [5.74, 6) is 6.17. The van der Waals surface area contributed by atoms with Gasteiger partial charge in [-0.15, -0.1) is 0 Å². The van der Waals surface area contributed by atoms with Crippen LogP contribution in [0.25, 0.3) is 0 Å². The van der Waals surface area contributed by atoms with E-state index in [0.717, 1.165) is 16.7 Å². The maximum Gasteiger partial charge on any atom is 0.373 e. The number of hydrogen-bond donors (Lipinski definition) is 2. The van der Waals surface area contributed by atoms with Crippen LogP contribution < -0.4 is 10.3 Å². The first-order valence-corrected chi connectivity index (χ1v) is 8.56. The smallest absolute Gasteiger partial charge is 0.268 e. The van der Waals surface area contributed by atoms with Gasteiger partial charge in [0, 0.05) is 0 Å². The Balaban J connectivity index is 3.73. The Morgan fingerprint density at radius 2 is 1.33 bits per heavy atom. The predicted molar refractivity (Wildman–Crippen MR) is 86.9 cm³/mol. The summed E-state index contributed by atoms with van der Waals surface area (Å²) < 4.78 is 32.7. The molecule has 21 heavy (non-hydrogen) atoms. The Morgan fingerprint density at radius 3 is 1.57 bits per heavy atom. The van der Waals surface area contributed by atoms with Crippen molar-refractivity contribution in [1.29, 1.82) is 0 Å². The molecule has 0 atom stereocenters. The summed E-state index contributed by atoms with van der Waals surface area (Å²) in [5, 5.41) is 0. The van der Waals surface area contributed by atoms with Crippen LogP contribution in [0.2, 0.25) is 0 Å². The molecule has 0 aliphatic carbocycles. The fraction of sp³-hybridized carbons (Fsp3) is 0.600. The molecule has 0 bridgehead atoms. The molecule has 0 radical (unpaired) electrons. The molecule has 1 rings (SSSR count). The second-order valence-electron chi connectivity index (χ2n) is 6.29. The van der Waals surface area contributed by atoms with Crippen LogP contribution in [0.1, 0.15) is 76.0 Å². The van der Waals surface area contributed by atoms with Crippen molar-refractivity contribution >= 4 is 16.0 Å². The molecule has 1 aromatic rings. The lowest BCUT2D eigenvalue weighted by molar-refractivity contribution is 0.478. The fourth-order valence-corrected chi connectivity index (χ4v) is 2.73. The van der Waals surface area contributed by atoms with Crippen molar-refractivity contribution in [3.05, 3.63) is 28.8 Å². The number of rotatable bonds is 5. The maximum atomic E-state index is 11.5. The Kier molecular flexibility index (Phi) is 5.41. The minimum Gasteiger partial charge on any atom is -0.268 e. The van der Waals surface area contributed by atoms with E-state index >= 15 is 0 Å². The molecular formula is C15H26N2O3S. The van der Waals surface area contributed by atoms with Gasteiger partial charge in [0.25, 0.3) is 0 Å². The van der Waals surface area contributed by atoms with Gasteiger partial charge in [-0.05, 0) is 34.4 Å². The van der Waals surface area contributed by atoms with Crippen molar-refractivity contribution in [3.8, 4) is 0 Å². The standard InChI is InChI=1S/C15H26N2O3S/c1-9(2)12-7-13(10(3)4)15(14(8-12)11(5)6)17(16)21(18,19)20/h7-11H,16H2,1-6H3,(H,18,19,20). The quantitative estimate of drug-likeness (QED) is 0.494. The highest BCUT2D eigenvalue weighted by molar-refractivity contribution is 7.87. The summed E-state index contributed by atoms with van der Waals surface area (Å²) in [7, 11) is -4.49. The van der Waals surface area contributed by atoms with Gasteiger partial charge in [0.05, 0.1) is 5.69 Å². The van der Waals surface area contributed by atoms with Crippen molar-refractivity contribution in [2.45, 2.75) is 59.3 Å². The predicted octanol–water partition coefficient (Wildman–Crippen LogP) is 3.54. The minimum absolute atomic E-state index is 0.0870. The van der Waals surface area contributed by atoms with Gasteiger partial charge in [-0.25, -0.2) is 5.84 Å². The highest BCUT2D eigenvalue weighted by atomic mass is 32.2. The van der Waals surface area contributed by atoms with Crippen LogP contribution in [-0.2, 0) is 10.3 Å². The van der Waals surface area contributed by atoms with Gasteiger partial charge in [0.15, 0.2) is 0 Å². The van der Waals surface area contributed by atoms with Crippen molar-refractivity contribution in [2.75, 3.05) is 4.41 Å². The van der Waals surface area contributed by atoms with E-state index in [1.807, 2.05) is 39.8 Å². The van der Waals surface area contributed by atoms with Crippen LogP contribution in [0, 0.1) is 0 Å². The molecule has 0 fully saturated rings.